The molecule has 158 valence electrons. The van der Waals surface area contributed by atoms with E-state index in [1.165, 1.54) is 12.1 Å². The fourth-order valence-electron chi connectivity index (χ4n) is 3.04. The van der Waals surface area contributed by atoms with Crippen molar-refractivity contribution in [2.45, 2.75) is 24.3 Å². The summed E-state index contributed by atoms with van der Waals surface area (Å²) in [5.74, 6) is 0.659. The number of carbonyl (C=O) groups is 1. The molecule has 4 rings (SSSR count). The molecule has 3 heterocycles. The fraction of sp³-hybridized carbons (Fsp3) is 0.300. The average molecular weight is 430 g/mol. The van der Waals surface area contributed by atoms with E-state index in [9.17, 15) is 13.2 Å². The van der Waals surface area contributed by atoms with E-state index in [1.54, 1.807) is 6.07 Å². The van der Waals surface area contributed by atoms with Crippen molar-refractivity contribution in [2.75, 3.05) is 19.8 Å². The molecular weight excluding hydrogens is 408 g/mol. The van der Waals surface area contributed by atoms with Gasteiger partial charge in [-0.1, -0.05) is 6.07 Å². The fourth-order valence-corrected chi connectivity index (χ4v) is 4.09. The number of hydrogen-bond donors (Lipinski definition) is 2. The summed E-state index contributed by atoms with van der Waals surface area (Å²) in [5, 5.41) is 2.75. The number of benzene rings is 1. The number of amides is 1. The molecule has 2 aromatic heterocycles. The van der Waals surface area contributed by atoms with Crippen molar-refractivity contribution in [3.63, 3.8) is 0 Å². The van der Waals surface area contributed by atoms with Gasteiger partial charge in [0.15, 0.2) is 11.5 Å². The smallest absolute Gasteiger partial charge is 0.240 e. The first kappa shape index (κ1) is 20.2. The van der Waals surface area contributed by atoms with E-state index in [0.717, 1.165) is 17.8 Å². The monoisotopic (exact) mass is 430 g/mol. The van der Waals surface area contributed by atoms with Gasteiger partial charge in [-0.05, 0) is 24.3 Å². The molecule has 0 radical (unpaired) electrons. The first-order chi connectivity index (χ1) is 14.5. The minimum Gasteiger partial charge on any atom is -0.490 e. The first-order valence-electron chi connectivity index (χ1n) is 9.60. The summed E-state index contributed by atoms with van der Waals surface area (Å²) in [7, 11) is -3.77. The lowest BCUT2D eigenvalue weighted by Gasteiger charge is -2.11. The van der Waals surface area contributed by atoms with Crippen LogP contribution in [0.4, 0.5) is 0 Å². The topological polar surface area (TPSA) is 111 Å². The van der Waals surface area contributed by atoms with Gasteiger partial charge < -0.3 is 19.2 Å². The van der Waals surface area contributed by atoms with Gasteiger partial charge in [-0.15, -0.1) is 0 Å². The van der Waals surface area contributed by atoms with Gasteiger partial charge in [0.2, 0.25) is 15.9 Å². The Hall–Kier alpha value is -3.11. The third kappa shape index (κ3) is 4.71. The van der Waals surface area contributed by atoms with E-state index in [4.69, 9.17) is 9.47 Å². The van der Waals surface area contributed by atoms with Crippen LogP contribution in [0.3, 0.4) is 0 Å². The molecule has 1 aromatic carbocycles. The molecule has 9 nitrogen and oxygen atoms in total. The van der Waals surface area contributed by atoms with E-state index in [0.29, 0.717) is 24.7 Å². The van der Waals surface area contributed by atoms with Crippen molar-refractivity contribution >= 4 is 21.6 Å². The Morgan fingerprint density at radius 3 is 2.80 bits per heavy atom. The van der Waals surface area contributed by atoms with Gasteiger partial charge in [0.1, 0.15) is 5.65 Å². The van der Waals surface area contributed by atoms with Crippen LogP contribution in [0.25, 0.3) is 5.65 Å². The molecule has 30 heavy (non-hydrogen) atoms. The third-order valence-corrected chi connectivity index (χ3v) is 6.01. The number of hydrogen-bond acceptors (Lipinski definition) is 6. The Bertz CT molecular complexity index is 1130. The quantitative estimate of drug-likeness (QED) is 0.587. The maximum atomic E-state index is 12.5. The summed E-state index contributed by atoms with van der Waals surface area (Å²) >= 11 is 0. The second-order valence-corrected chi connectivity index (χ2v) is 8.55. The maximum Gasteiger partial charge on any atom is 0.240 e. The predicted molar refractivity (Wildman–Crippen MR) is 109 cm³/mol. The van der Waals surface area contributed by atoms with Crippen LogP contribution in [0.2, 0.25) is 0 Å². The van der Waals surface area contributed by atoms with Crippen molar-refractivity contribution in [3.05, 3.63) is 54.5 Å². The zero-order valence-corrected chi connectivity index (χ0v) is 17.0. The average Bonchev–Trinajstić information content (AvgIpc) is 3.00. The van der Waals surface area contributed by atoms with Gasteiger partial charge in [0.05, 0.1) is 30.3 Å². The number of sulfonamides is 1. The van der Waals surface area contributed by atoms with Crippen LogP contribution < -0.4 is 19.5 Å². The lowest BCUT2D eigenvalue weighted by atomic mass is 10.3. The number of imidazole rings is 1. The number of carbonyl (C=O) groups excluding carboxylic acids is 1. The van der Waals surface area contributed by atoms with Crippen LogP contribution in [0.5, 0.6) is 11.5 Å². The third-order valence-electron chi connectivity index (χ3n) is 4.55. The summed E-state index contributed by atoms with van der Waals surface area (Å²) in [6.45, 7) is 1.25. The summed E-state index contributed by atoms with van der Waals surface area (Å²) in [6.07, 6.45) is 4.46. The Kier molecular flexibility index (Phi) is 5.86. The summed E-state index contributed by atoms with van der Waals surface area (Å²) in [5.41, 5.74) is 1.52. The van der Waals surface area contributed by atoms with Gasteiger partial charge in [0, 0.05) is 37.8 Å². The van der Waals surface area contributed by atoms with Gasteiger partial charge in [-0.25, -0.2) is 18.1 Å². The Balaban J connectivity index is 1.28. The second kappa shape index (κ2) is 8.72. The van der Waals surface area contributed by atoms with Crippen LogP contribution in [0.15, 0.2) is 53.7 Å². The highest BCUT2D eigenvalue weighted by atomic mass is 32.2. The molecule has 0 aliphatic carbocycles. The van der Waals surface area contributed by atoms with E-state index in [2.05, 4.69) is 15.0 Å². The molecule has 0 atom stereocenters. The highest BCUT2D eigenvalue weighted by Crippen LogP contribution is 2.31. The highest BCUT2D eigenvalue weighted by Gasteiger charge is 2.19. The standard InChI is InChI=1S/C20H22N4O5S/c25-20(21-13-15-14-24-9-2-1-4-19(24)23-15)7-8-22-30(26,27)16-5-6-17-18(12-16)29-11-3-10-28-17/h1-2,4-6,9,12,14,22H,3,7-8,10-11,13H2,(H,21,25). The number of nitrogens with zero attached hydrogens (tertiary/aromatic N) is 2. The van der Waals surface area contributed by atoms with Gasteiger partial charge in [0.25, 0.3) is 0 Å². The first-order valence-corrected chi connectivity index (χ1v) is 11.1. The zero-order chi connectivity index (χ0) is 21.0. The van der Waals surface area contributed by atoms with Crippen LogP contribution in [-0.2, 0) is 21.4 Å². The minimum absolute atomic E-state index is 0.0111. The minimum atomic E-state index is -3.77. The molecule has 2 N–H and O–H groups in total. The highest BCUT2D eigenvalue weighted by molar-refractivity contribution is 7.89. The maximum absolute atomic E-state index is 12.5. The van der Waals surface area contributed by atoms with Crippen molar-refractivity contribution < 1.29 is 22.7 Å². The van der Waals surface area contributed by atoms with Crippen molar-refractivity contribution in [3.8, 4) is 11.5 Å². The molecule has 0 saturated carbocycles. The molecule has 0 fully saturated rings. The largest absolute Gasteiger partial charge is 0.490 e. The SMILES string of the molecule is O=C(CCNS(=O)(=O)c1ccc2c(c1)OCCCO2)NCc1cn2ccccc2n1. The van der Waals surface area contributed by atoms with Crippen LogP contribution in [0, 0.1) is 0 Å². The molecule has 0 unspecified atom stereocenters. The molecule has 3 aromatic rings. The molecule has 1 amide bonds. The van der Waals surface area contributed by atoms with Crippen LogP contribution in [-0.4, -0.2) is 43.5 Å². The Morgan fingerprint density at radius 1 is 1.13 bits per heavy atom. The molecule has 0 spiro atoms. The number of rotatable bonds is 7. The van der Waals surface area contributed by atoms with Crippen molar-refractivity contribution in [1.29, 1.82) is 0 Å². The predicted octanol–water partition coefficient (Wildman–Crippen LogP) is 1.48. The Labute approximate surface area is 174 Å². The zero-order valence-electron chi connectivity index (χ0n) is 16.2. The lowest BCUT2D eigenvalue weighted by Crippen LogP contribution is -2.30. The van der Waals surface area contributed by atoms with E-state index in [-0.39, 0.29) is 30.3 Å². The summed E-state index contributed by atoms with van der Waals surface area (Å²) in [6, 6.07) is 10.1. The van der Waals surface area contributed by atoms with Crippen LogP contribution >= 0.6 is 0 Å². The number of ether oxygens (including phenoxy) is 2. The van der Waals surface area contributed by atoms with Crippen molar-refractivity contribution in [2.24, 2.45) is 0 Å². The summed E-state index contributed by atoms with van der Waals surface area (Å²) < 4.78 is 40.4. The number of fused-ring (bicyclic) bond motifs is 2. The number of nitrogens with one attached hydrogen (secondary N) is 2. The molecule has 1 aliphatic rings. The van der Waals surface area contributed by atoms with Gasteiger partial charge >= 0.3 is 0 Å². The normalized spacial score (nSPS) is 13.7. The van der Waals surface area contributed by atoms with Gasteiger partial charge in [-0.3, -0.25) is 4.79 Å². The van der Waals surface area contributed by atoms with E-state index >= 15 is 0 Å². The van der Waals surface area contributed by atoms with Crippen LogP contribution in [0.1, 0.15) is 18.5 Å². The number of pyridine rings is 1. The van der Waals surface area contributed by atoms with E-state index < -0.39 is 10.0 Å². The molecular formula is C20H22N4O5S. The molecule has 0 saturated heterocycles. The Morgan fingerprint density at radius 2 is 1.97 bits per heavy atom. The molecule has 0 bridgehead atoms. The number of aromatic nitrogens is 2. The van der Waals surface area contributed by atoms with Gasteiger partial charge in [-0.2, -0.15) is 0 Å². The lowest BCUT2D eigenvalue weighted by molar-refractivity contribution is -0.121. The second-order valence-electron chi connectivity index (χ2n) is 6.78. The molecule has 1 aliphatic heterocycles. The molecule has 10 heteroatoms. The van der Waals surface area contributed by atoms with Crippen molar-refractivity contribution in [1.82, 2.24) is 19.4 Å². The summed E-state index contributed by atoms with van der Waals surface area (Å²) in [4.78, 5) is 16.5. The van der Waals surface area contributed by atoms with E-state index in [1.807, 2.05) is 35.0 Å².